The van der Waals surface area contributed by atoms with Crippen LogP contribution in [0.1, 0.15) is 87.3 Å². The first kappa shape index (κ1) is 48.4. The Labute approximate surface area is 401 Å². The van der Waals surface area contributed by atoms with Crippen LogP contribution in [-0.2, 0) is 24.6 Å². The Kier molecular flexibility index (Phi) is 14.5. The molecule has 15 nitrogen and oxygen atoms in total. The standard InChI is InChI=1S/C53H59FN6O9/c1-7-52(8-2,58-48(62)36-27-41(34-11-14-37(54)15-12-34)49(57-31-36)67-32-33-9-10-33)51(64)56-22-24-66-26-25-65-23-21-55-47(61)35-13-18-40-44(28-35)53(69-50(40)63)42-19-16-38(59(3)4)29-45(42)68-46-30-39(60(5)6)17-20-43(46)53/h11-20,27-31,33H,7-10,21-26,32H2,1-6H3,(H,55,61)(H,56,64)(H,58,62). The number of pyridine rings is 1. The number of rotatable bonds is 21. The van der Waals surface area contributed by atoms with Crippen molar-refractivity contribution >= 4 is 35.1 Å². The molecule has 1 fully saturated rings. The number of fused-ring (bicyclic) bond motifs is 6. The van der Waals surface area contributed by atoms with Crippen LogP contribution in [0.25, 0.3) is 11.1 Å². The second-order valence-electron chi connectivity index (χ2n) is 17.9. The molecule has 1 saturated carbocycles. The van der Waals surface area contributed by atoms with Crippen molar-refractivity contribution in [1.29, 1.82) is 0 Å². The van der Waals surface area contributed by atoms with Crippen LogP contribution in [0.15, 0.2) is 91.1 Å². The Balaban J connectivity index is 0.809. The summed E-state index contributed by atoms with van der Waals surface area (Å²) in [5.41, 5.74) is 3.33. The number of ether oxygens (including phenoxy) is 5. The Morgan fingerprint density at radius 3 is 1.96 bits per heavy atom. The number of nitrogens with zero attached hydrogens (tertiary/aromatic N) is 3. The lowest BCUT2D eigenvalue weighted by atomic mass is 9.77. The molecule has 0 bridgehead atoms. The zero-order valence-electron chi connectivity index (χ0n) is 39.9. The van der Waals surface area contributed by atoms with Gasteiger partial charge in [-0.05, 0) is 97.8 Å². The van der Waals surface area contributed by atoms with E-state index in [9.17, 15) is 23.6 Å². The number of hydrogen-bond acceptors (Lipinski definition) is 12. The van der Waals surface area contributed by atoms with E-state index in [4.69, 9.17) is 23.7 Å². The lowest BCUT2D eigenvalue weighted by Gasteiger charge is -2.37. The normalized spacial score (nSPS) is 14.2. The number of anilines is 2. The van der Waals surface area contributed by atoms with Gasteiger partial charge in [0.2, 0.25) is 11.8 Å². The minimum Gasteiger partial charge on any atom is -0.477 e. The minimum absolute atomic E-state index is 0.201. The molecule has 3 aliphatic rings. The molecule has 8 rings (SSSR count). The molecule has 3 N–H and O–H groups in total. The maximum Gasteiger partial charge on any atom is 0.340 e. The molecule has 5 aromatic rings. The van der Waals surface area contributed by atoms with Crippen molar-refractivity contribution in [2.24, 2.45) is 5.92 Å². The second-order valence-corrected chi connectivity index (χ2v) is 17.9. The summed E-state index contributed by atoms with van der Waals surface area (Å²) in [7, 11) is 7.76. The van der Waals surface area contributed by atoms with Gasteiger partial charge in [-0.3, -0.25) is 14.4 Å². The monoisotopic (exact) mass is 942 g/mol. The molecule has 4 aromatic carbocycles. The van der Waals surface area contributed by atoms with Crippen molar-refractivity contribution in [2.45, 2.75) is 50.7 Å². The SMILES string of the molecule is CCC(CC)(NC(=O)c1cnc(OCC2CC2)c(-c2ccc(F)cc2)c1)C(=O)NCCOCCOCCNC(=O)c1ccc2c(c1)C1(OC2=O)c2ccc(N(C)C)cc2Oc2cc(N(C)C)ccc21. The highest BCUT2D eigenvalue weighted by Gasteiger charge is 2.54. The molecule has 1 aliphatic carbocycles. The lowest BCUT2D eigenvalue weighted by molar-refractivity contribution is -0.128. The third-order valence-electron chi connectivity index (χ3n) is 12.9. The van der Waals surface area contributed by atoms with E-state index in [2.05, 4.69) is 20.9 Å². The Hall–Kier alpha value is -7.04. The third kappa shape index (κ3) is 10.2. The average Bonchev–Trinajstić information content (AvgIpc) is 4.14. The quantitative estimate of drug-likeness (QED) is 0.0499. The first-order chi connectivity index (χ1) is 33.3. The van der Waals surface area contributed by atoms with Gasteiger partial charge in [-0.15, -0.1) is 0 Å². The summed E-state index contributed by atoms with van der Waals surface area (Å²) >= 11 is 0. The largest absolute Gasteiger partial charge is 0.477 e. The van der Waals surface area contributed by atoms with Gasteiger partial charge < -0.3 is 49.4 Å². The van der Waals surface area contributed by atoms with E-state index in [0.717, 1.165) is 24.2 Å². The predicted molar refractivity (Wildman–Crippen MR) is 259 cm³/mol. The highest BCUT2D eigenvalue weighted by Crippen LogP contribution is 2.57. The minimum atomic E-state index is -1.34. The van der Waals surface area contributed by atoms with E-state index in [1.165, 1.54) is 18.3 Å². The first-order valence-corrected chi connectivity index (χ1v) is 23.4. The fourth-order valence-corrected chi connectivity index (χ4v) is 8.57. The number of amides is 3. The van der Waals surface area contributed by atoms with Crippen LogP contribution in [0.5, 0.6) is 17.4 Å². The third-order valence-corrected chi connectivity index (χ3v) is 12.9. The number of carbonyl (C=O) groups is 4. The van der Waals surface area contributed by atoms with E-state index < -0.39 is 23.0 Å². The fraction of sp³-hybridized carbons (Fsp3) is 0.377. The van der Waals surface area contributed by atoms with Gasteiger partial charge in [-0.25, -0.2) is 14.2 Å². The molecule has 0 atom stereocenters. The number of nitrogens with one attached hydrogen (secondary N) is 3. The van der Waals surface area contributed by atoms with E-state index >= 15 is 0 Å². The van der Waals surface area contributed by atoms with E-state index in [-0.39, 0.29) is 62.7 Å². The number of carbonyl (C=O) groups excluding carboxylic acids is 4. The molecule has 2 aliphatic heterocycles. The average molecular weight is 943 g/mol. The molecule has 16 heteroatoms. The van der Waals surface area contributed by atoms with E-state index in [1.807, 2.05) is 88.2 Å². The van der Waals surface area contributed by atoms with Gasteiger partial charge in [-0.1, -0.05) is 26.0 Å². The maximum absolute atomic E-state index is 13.8. The smallest absolute Gasteiger partial charge is 0.340 e. The highest BCUT2D eigenvalue weighted by atomic mass is 19.1. The van der Waals surface area contributed by atoms with Crippen molar-refractivity contribution in [3.8, 4) is 28.5 Å². The van der Waals surface area contributed by atoms with Gasteiger partial charge in [-0.2, -0.15) is 0 Å². The van der Waals surface area contributed by atoms with Crippen LogP contribution >= 0.6 is 0 Å². The van der Waals surface area contributed by atoms with Gasteiger partial charge in [0, 0.05) is 98.8 Å². The molecule has 69 heavy (non-hydrogen) atoms. The Bertz CT molecular complexity index is 2660. The lowest BCUT2D eigenvalue weighted by Crippen LogP contribution is -2.58. The van der Waals surface area contributed by atoms with Crippen LogP contribution in [0.4, 0.5) is 15.8 Å². The molecule has 1 spiro atoms. The van der Waals surface area contributed by atoms with Crippen molar-refractivity contribution < 1.29 is 47.3 Å². The topological polar surface area (TPSA) is 170 Å². The zero-order valence-corrected chi connectivity index (χ0v) is 39.9. The van der Waals surface area contributed by atoms with Crippen LogP contribution < -0.4 is 35.2 Å². The Morgan fingerprint density at radius 2 is 1.36 bits per heavy atom. The summed E-state index contributed by atoms with van der Waals surface area (Å²) in [6.07, 6.45) is 4.29. The molecule has 1 aromatic heterocycles. The molecule has 3 heterocycles. The van der Waals surface area contributed by atoms with Crippen LogP contribution in [-0.4, -0.2) is 109 Å². The van der Waals surface area contributed by atoms with Crippen molar-refractivity contribution in [1.82, 2.24) is 20.9 Å². The molecule has 362 valence electrons. The predicted octanol–water partition coefficient (Wildman–Crippen LogP) is 7.24. The van der Waals surface area contributed by atoms with Gasteiger partial charge in [0.25, 0.3) is 11.8 Å². The molecule has 0 unspecified atom stereocenters. The number of halogens is 1. The first-order valence-electron chi connectivity index (χ1n) is 23.4. The zero-order chi connectivity index (χ0) is 48.9. The molecule has 0 saturated heterocycles. The van der Waals surface area contributed by atoms with E-state index in [1.54, 1.807) is 36.4 Å². The highest BCUT2D eigenvalue weighted by molar-refractivity contribution is 6.01. The maximum atomic E-state index is 13.8. The number of aromatic nitrogens is 1. The van der Waals surface area contributed by atoms with Gasteiger partial charge >= 0.3 is 5.97 Å². The molecule has 0 radical (unpaired) electrons. The number of benzene rings is 4. The van der Waals surface area contributed by atoms with Crippen LogP contribution in [0.2, 0.25) is 0 Å². The van der Waals surface area contributed by atoms with Crippen LogP contribution in [0, 0.1) is 11.7 Å². The number of esters is 1. The van der Waals surface area contributed by atoms with Crippen LogP contribution in [0.3, 0.4) is 0 Å². The van der Waals surface area contributed by atoms with Gasteiger partial charge in [0.05, 0.1) is 44.2 Å². The van der Waals surface area contributed by atoms with Crippen molar-refractivity contribution in [2.75, 3.05) is 84.1 Å². The summed E-state index contributed by atoms with van der Waals surface area (Å²) < 4.78 is 44.0. The molecule has 3 amide bonds. The summed E-state index contributed by atoms with van der Waals surface area (Å²) in [4.78, 5) is 62.7. The molecular formula is C53H59FN6O9. The van der Waals surface area contributed by atoms with Crippen molar-refractivity contribution in [3.63, 3.8) is 0 Å². The summed E-state index contributed by atoms with van der Waals surface area (Å²) in [5, 5.41) is 8.74. The van der Waals surface area contributed by atoms with E-state index in [0.29, 0.717) is 81.7 Å². The fourth-order valence-electron chi connectivity index (χ4n) is 8.57. The summed E-state index contributed by atoms with van der Waals surface area (Å²) in [6.45, 7) is 5.52. The Morgan fingerprint density at radius 1 is 0.739 bits per heavy atom. The van der Waals surface area contributed by atoms with Gasteiger partial charge in [0.15, 0.2) is 5.60 Å². The molecular weight excluding hydrogens is 884 g/mol. The summed E-state index contributed by atoms with van der Waals surface area (Å²) in [5.74, 6) is -0.0934. The second kappa shape index (κ2) is 20.7. The van der Waals surface area contributed by atoms with Crippen molar-refractivity contribution in [3.05, 3.63) is 130 Å². The number of hydrogen-bond donors (Lipinski definition) is 3. The summed E-state index contributed by atoms with van der Waals surface area (Å²) in [6, 6.07) is 24.1. The van der Waals surface area contributed by atoms with Gasteiger partial charge in [0.1, 0.15) is 22.9 Å².